The number of carbonyl (C=O) groups excluding carboxylic acids is 1. The van der Waals surface area contributed by atoms with Crippen molar-refractivity contribution in [2.75, 3.05) is 11.4 Å². The largest absolute Gasteiger partial charge is 0.352 e. The van der Waals surface area contributed by atoms with Crippen molar-refractivity contribution in [3.8, 4) is 0 Å². The standard InChI is InChI=1S/C15H18BrN5OS/c16-10-6-18-20(8-10)9-12-7-17-15(23-12)21-5-1-2-13(21)14(22)19-11-3-4-11/h6-8,11,13H,1-5,9H2,(H,19,22). The number of nitrogens with zero attached hydrogens (tertiary/aromatic N) is 4. The van der Waals surface area contributed by atoms with Crippen LogP contribution in [0.4, 0.5) is 5.13 Å². The number of amides is 1. The summed E-state index contributed by atoms with van der Waals surface area (Å²) in [4.78, 5) is 20.2. The van der Waals surface area contributed by atoms with E-state index >= 15 is 0 Å². The molecule has 0 radical (unpaired) electrons. The van der Waals surface area contributed by atoms with Crippen molar-refractivity contribution in [1.82, 2.24) is 20.1 Å². The van der Waals surface area contributed by atoms with Crippen LogP contribution in [0.5, 0.6) is 0 Å². The molecule has 3 heterocycles. The average molecular weight is 396 g/mol. The number of carbonyl (C=O) groups is 1. The molecule has 1 N–H and O–H groups in total. The summed E-state index contributed by atoms with van der Waals surface area (Å²) in [5.41, 5.74) is 0. The zero-order valence-electron chi connectivity index (χ0n) is 12.6. The van der Waals surface area contributed by atoms with Crippen molar-refractivity contribution in [3.05, 3.63) is 27.9 Å². The summed E-state index contributed by atoms with van der Waals surface area (Å²) in [5.74, 6) is 0.165. The van der Waals surface area contributed by atoms with E-state index in [0.29, 0.717) is 12.6 Å². The van der Waals surface area contributed by atoms with E-state index in [1.807, 2.05) is 17.1 Å². The third-order valence-electron chi connectivity index (χ3n) is 4.19. The van der Waals surface area contributed by atoms with Gasteiger partial charge in [0.25, 0.3) is 0 Å². The number of halogens is 1. The van der Waals surface area contributed by atoms with Gasteiger partial charge in [-0.15, -0.1) is 0 Å². The van der Waals surface area contributed by atoms with E-state index < -0.39 is 0 Å². The van der Waals surface area contributed by atoms with Gasteiger partial charge >= 0.3 is 0 Å². The van der Waals surface area contributed by atoms with E-state index in [2.05, 4.69) is 36.2 Å². The molecule has 0 bridgehead atoms. The average Bonchev–Trinajstić information content (AvgIpc) is 2.96. The van der Waals surface area contributed by atoms with E-state index in [4.69, 9.17) is 0 Å². The van der Waals surface area contributed by atoms with Crippen LogP contribution in [0.2, 0.25) is 0 Å². The minimum absolute atomic E-state index is 0.0616. The lowest BCUT2D eigenvalue weighted by molar-refractivity contribution is -0.122. The SMILES string of the molecule is O=C(NC1CC1)C1CCCN1c1ncc(Cn2cc(Br)cn2)s1. The van der Waals surface area contributed by atoms with Crippen LogP contribution in [0.15, 0.2) is 23.1 Å². The maximum Gasteiger partial charge on any atom is 0.243 e. The fourth-order valence-electron chi connectivity index (χ4n) is 2.88. The van der Waals surface area contributed by atoms with Crippen molar-refractivity contribution >= 4 is 38.3 Å². The van der Waals surface area contributed by atoms with Gasteiger partial charge in [0.1, 0.15) is 6.04 Å². The Morgan fingerprint density at radius 3 is 3.00 bits per heavy atom. The first-order valence-electron chi connectivity index (χ1n) is 7.89. The summed E-state index contributed by atoms with van der Waals surface area (Å²) in [6.45, 7) is 1.61. The Labute approximate surface area is 147 Å². The highest BCUT2D eigenvalue weighted by atomic mass is 79.9. The predicted molar refractivity (Wildman–Crippen MR) is 92.7 cm³/mol. The molecule has 23 heavy (non-hydrogen) atoms. The van der Waals surface area contributed by atoms with E-state index in [-0.39, 0.29) is 11.9 Å². The van der Waals surface area contributed by atoms with Crippen molar-refractivity contribution in [2.45, 2.75) is 44.3 Å². The van der Waals surface area contributed by atoms with Gasteiger partial charge in [0, 0.05) is 29.9 Å². The maximum absolute atomic E-state index is 12.4. The highest BCUT2D eigenvalue weighted by molar-refractivity contribution is 9.10. The fourth-order valence-corrected chi connectivity index (χ4v) is 4.19. The Hall–Kier alpha value is -1.41. The van der Waals surface area contributed by atoms with Crippen LogP contribution in [0.1, 0.15) is 30.6 Å². The molecule has 0 spiro atoms. The number of thiazole rings is 1. The third kappa shape index (κ3) is 3.42. The van der Waals surface area contributed by atoms with Crippen LogP contribution in [0, 0.1) is 0 Å². The molecule has 4 rings (SSSR count). The summed E-state index contributed by atoms with van der Waals surface area (Å²) in [6.07, 6.45) is 9.83. The molecule has 6 nitrogen and oxygen atoms in total. The Balaban J connectivity index is 1.45. The van der Waals surface area contributed by atoms with E-state index in [1.165, 1.54) is 0 Å². The summed E-state index contributed by atoms with van der Waals surface area (Å²) in [7, 11) is 0. The quantitative estimate of drug-likeness (QED) is 0.843. The Kier molecular flexibility index (Phi) is 4.11. The van der Waals surface area contributed by atoms with Gasteiger partial charge in [-0.1, -0.05) is 11.3 Å². The maximum atomic E-state index is 12.4. The van der Waals surface area contributed by atoms with E-state index in [0.717, 1.165) is 46.7 Å². The van der Waals surface area contributed by atoms with Gasteiger partial charge in [-0.2, -0.15) is 5.10 Å². The van der Waals surface area contributed by atoms with Gasteiger partial charge in [-0.05, 0) is 41.6 Å². The predicted octanol–water partition coefficient (Wildman–Crippen LogP) is 2.40. The molecule has 1 saturated heterocycles. The molecule has 1 atom stereocenters. The number of nitrogens with one attached hydrogen (secondary N) is 1. The zero-order valence-corrected chi connectivity index (χ0v) is 15.0. The number of hydrogen-bond acceptors (Lipinski definition) is 5. The fraction of sp³-hybridized carbons (Fsp3) is 0.533. The van der Waals surface area contributed by atoms with Crippen LogP contribution in [-0.2, 0) is 11.3 Å². The molecule has 1 saturated carbocycles. The number of anilines is 1. The van der Waals surface area contributed by atoms with Gasteiger partial charge in [-0.25, -0.2) is 4.98 Å². The molecule has 1 amide bonds. The Bertz CT molecular complexity index is 710. The normalized spacial score (nSPS) is 20.9. The molecular formula is C15H18BrN5OS. The third-order valence-corrected chi connectivity index (χ3v) is 5.61. The summed E-state index contributed by atoms with van der Waals surface area (Å²) < 4.78 is 2.85. The molecule has 0 aromatic carbocycles. The first-order valence-corrected chi connectivity index (χ1v) is 9.49. The lowest BCUT2D eigenvalue weighted by atomic mass is 10.2. The second kappa shape index (κ2) is 6.24. The molecule has 122 valence electrons. The number of rotatable bonds is 5. The summed E-state index contributed by atoms with van der Waals surface area (Å²) in [6, 6.07) is 0.350. The highest BCUT2D eigenvalue weighted by Crippen LogP contribution is 2.31. The van der Waals surface area contributed by atoms with Crippen molar-refractivity contribution < 1.29 is 4.79 Å². The van der Waals surface area contributed by atoms with Crippen molar-refractivity contribution in [2.24, 2.45) is 0 Å². The van der Waals surface area contributed by atoms with Gasteiger partial charge in [0.15, 0.2) is 5.13 Å². The lowest BCUT2D eigenvalue weighted by Crippen LogP contribution is -2.44. The number of aromatic nitrogens is 3. The lowest BCUT2D eigenvalue weighted by Gasteiger charge is -2.23. The minimum Gasteiger partial charge on any atom is -0.352 e. The monoisotopic (exact) mass is 395 g/mol. The second-order valence-electron chi connectivity index (χ2n) is 6.10. The van der Waals surface area contributed by atoms with Crippen LogP contribution >= 0.6 is 27.3 Å². The smallest absolute Gasteiger partial charge is 0.243 e. The van der Waals surface area contributed by atoms with Crippen molar-refractivity contribution in [3.63, 3.8) is 0 Å². The topological polar surface area (TPSA) is 63.1 Å². The first-order chi connectivity index (χ1) is 11.2. The van der Waals surface area contributed by atoms with Gasteiger partial charge < -0.3 is 10.2 Å². The molecule has 8 heteroatoms. The Morgan fingerprint density at radius 2 is 2.26 bits per heavy atom. The van der Waals surface area contributed by atoms with Gasteiger partial charge in [0.05, 0.1) is 17.2 Å². The molecule has 2 aliphatic rings. The van der Waals surface area contributed by atoms with Gasteiger partial charge in [-0.3, -0.25) is 9.48 Å². The molecule has 2 fully saturated rings. The molecule has 1 aliphatic heterocycles. The van der Waals surface area contributed by atoms with Crippen molar-refractivity contribution in [1.29, 1.82) is 0 Å². The Morgan fingerprint density at radius 1 is 1.39 bits per heavy atom. The van der Waals surface area contributed by atoms with Crippen LogP contribution in [0.3, 0.4) is 0 Å². The highest BCUT2D eigenvalue weighted by Gasteiger charge is 2.35. The summed E-state index contributed by atoms with van der Waals surface area (Å²) in [5, 5.41) is 8.34. The van der Waals surface area contributed by atoms with E-state index in [1.54, 1.807) is 17.5 Å². The molecular weight excluding hydrogens is 378 g/mol. The molecule has 1 aliphatic carbocycles. The van der Waals surface area contributed by atoms with Crippen LogP contribution < -0.4 is 10.2 Å². The van der Waals surface area contributed by atoms with Gasteiger partial charge in [0.2, 0.25) is 5.91 Å². The molecule has 2 aromatic heterocycles. The van der Waals surface area contributed by atoms with Crippen LogP contribution in [-0.4, -0.2) is 39.3 Å². The van der Waals surface area contributed by atoms with Crippen LogP contribution in [0.25, 0.3) is 0 Å². The second-order valence-corrected chi connectivity index (χ2v) is 8.11. The first kappa shape index (κ1) is 15.1. The number of hydrogen-bond donors (Lipinski definition) is 1. The molecule has 1 unspecified atom stereocenters. The summed E-state index contributed by atoms with van der Waals surface area (Å²) >= 11 is 5.05. The van der Waals surface area contributed by atoms with E-state index in [9.17, 15) is 4.79 Å². The zero-order chi connectivity index (χ0) is 15.8. The minimum atomic E-state index is -0.0616. The molecule has 2 aromatic rings.